The molecule has 0 bridgehead atoms. The monoisotopic (exact) mass is 239 g/mol. The second-order valence-electron chi connectivity index (χ2n) is 4.95. The first-order valence-electron chi connectivity index (χ1n) is 6.04. The van der Waals surface area contributed by atoms with Crippen LogP contribution in [0.1, 0.15) is 32.0 Å². The Hall–Kier alpha value is -1.00. The average Bonchev–Trinajstić information content (AvgIpc) is 2.26. The molecule has 0 aliphatic carbocycles. The molecule has 0 amide bonds. The second-order valence-corrected chi connectivity index (χ2v) is 4.95. The van der Waals surface area contributed by atoms with Gasteiger partial charge >= 0.3 is 0 Å². The van der Waals surface area contributed by atoms with E-state index in [4.69, 9.17) is 5.73 Å². The van der Waals surface area contributed by atoms with Crippen molar-refractivity contribution < 1.29 is 4.39 Å². The van der Waals surface area contributed by atoms with E-state index < -0.39 is 0 Å². The van der Waals surface area contributed by atoms with E-state index in [1.807, 2.05) is 0 Å². The highest BCUT2D eigenvalue weighted by Crippen LogP contribution is 2.12. The van der Waals surface area contributed by atoms with Gasteiger partial charge in [0.2, 0.25) is 0 Å². The van der Waals surface area contributed by atoms with Crippen LogP contribution in [0.4, 0.5) is 4.39 Å². The summed E-state index contributed by atoms with van der Waals surface area (Å²) in [5.74, 6) is 0.332. The van der Waals surface area contributed by atoms with Crippen LogP contribution < -0.4 is 5.73 Å². The number of halogens is 1. The van der Waals surface area contributed by atoms with Gasteiger partial charge in [0.25, 0.3) is 0 Å². The molecule has 1 rings (SSSR count). The molecule has 2 N–H and O–H groups in total. The van der Waals surface area contributed by atoms with Gasteiger partial charge in [-0.25, -0.2) is 4.39 Å². The lowest BCUT2D eigenvalue weighted by Crippen LogP contribution is -2.27. The zero-order chi connectivity index (χ0) is 12.8. The maximum atomic E-state index is 12.7. The number of nitrogens with zero attached hydrogens (tertiary/aromatic N) is 2. The molecule has 0 aromatic carbocycles. The predicted molar refractivity (Wildman–Crippen MR) is 68.1 cm³/mol. The molecule has 0 radical (unpaired) electrons. The van der Waals surface area contributed by atoms with Gasteiger partial charge in [-0.1, -0.05) is 13.8 Å². The Kier molecular flexibility index (Phi) is 5.51. The number of hydrogen-bond donors (Lipinski definition) is 1. The maximum Gasteiger partial charge on any atom is 0.141 e. The highest BCUT2D eigenvalue weighted by Gasteiger charge is 2.09. The Bertz CT molecular complexity index is 324. The Labute approximate surface area is 103 Å². The van der Waals surface area contributed by atoms with E-state index in [1.54, 1.807) is 6.07 Å². The lowest BCUT2D eigenvalue weighted by atomic mass is 10.1. The molecule has 1 aromatic heterocycles. The van der Waals surface area contributed by atoms with E-state index in [2.05, 4.69) is 30.8 Å². The Morgan fingerprint density at radius 1 is 1.41 bits per heavy atom. The molecule has 1 atom stereocenters. The normalized spacial score (nSPS) is 13.4. The first kappa shape index (κ1) is 14.1. The van der Waals surface area contributed by atoms with Crippen LogP contribution in [-0.4, -0.2) is 30.0 Å². The van der Waals surface area contributed by atoms with E-state index >= 15 is 0 Å². The van der Waals surface area contributed by atoms with Crippen molar-refractivity contribution in [2.75, 3.05) is 20.1 Å². The topological polar surface area (TPSA) is 42.1 Å². The summed E-state index contributed by atoms with van der Waals surface area (Å²) in [5.41, 5.74) is 6.77. The molecule has 0 fully saturated rings. The summed E-state index contributed by atoms with van der Waals surface area (Å²) in [5, 5.41) is 0. The largest absolute Gasteiger partial charge is 0.323 e. The summed E-state index contributed by atoms with van der Waals surface area (Å²) in [6, 6.07) is 2.94. The molecule has 0 spiro atoms. The minimum atomic E-state index is -0.321. The molecule has 0 saturated carbocycles. The van der Waals surface area contributed by atoms with Crippen LogP contribution in [0.5, 0.6) is 0 Å². The maximum absolute atomic E-state index is 12.7. The standard InChI is InChI=1S/C13H22FN3/c1-10(2)9-17(3)7-6-12(15)13-5-4-11(14)8-16-13/h4-5,8,10,12H,6-7,9,15H2,1-3H3. The van der Waals surface area contributed by atoms with E-state index in [1.165, 1.54) is 12.3 Å². The molecular formula is C13H22FN3. The molecule has 0 saturated heterocycles. The van der Waals surface area contributed by atoms with Crippen LogP contribution in [0.3, 0.4) is 0 Å². The molecule has 1 heterocycles. The van der Waals surface area contributed by atoms with E-state index in [-0.39, 0.29) is 11.9 Å². The number of rotatable bonds is 6. The summed E-state index contributed by atoms with van der Waals surface area (Å²) in [4.78, 5) is 6.26. The van der Waals surface area contributed by atoms with Gasteiger partial charge in [0.1, 0.15) is 5.82 Å². The molecular weight excluding hydrogens is 217 g/mol. The first-order valence-corrected chi connectivity index (χ1v) is 6.04. The minimum Gasteiger partial charge on any atom is -0.323 e. The average molecular weight is 239 g/mol. The summed E-state index contributed by atoms with van der Waals surface area (Å²) >= 11 is 0. The molecule has 3 nitrogen and oxygen atoms in total. The highest BCUT2D eigenvalue weighted by molar-refractivity contribution is 5.09. The van der Waals surface area contributed by atoms with Crippen molar-refractivity contribution in [2.45, 2.75) is 26.3 Å². The summed E-state index contributed by atoms with van der Waals surface area (Å²) in [6.07, 6.45) is 2.05. The van der Waals surface area contributed by atoms with Gasteiger partial charge in [-0.15, -0.1) is 0 Å². The lowest BCUT2D eigenvalue weighted by molar-refractivity contribution is 0.284. The fraction of sp³-hybridized carbons (Fsp3) is 0.615. The van der Waals surface area contributed by atoms with Crippen LogP contribution in [0.2, 0.25) is 0 Å². The third kappa shape index (κ3) is 5.24. The number of hydrogen-bond acceptors (Lipinski definition) is 3. The molecule has 0 aliphatic rings. The summed E-state index contributed by atoms with van der Waals surface area (Å²) in [6.45, 7) is 6.37. The van der Waals surface area contributed by atoms with Crippen molar-refractivity contribution in [3.05, 3.63) is 29.8 Å². The van der Waals surface area contributed by atoms with Gasteiger partial charge in [-0.05, 0) is 38.1 Å². The van der Waals surface area contributed by atoms with Crippen molar-refractivity contribution in [3.8, 4) is 0 Å². The van der Waals surface area contributed by atoms with Crippen LogP contribution in [0.25, 0.3) is 0 Å². The Morgan fingerprint density at radius 2 is 2.12 bits per heavy atom. The van der Waals surface area contributed by atoms with Crippen LogP contribution in [0.15, 0.2) is 18.3 Å². The molecule has 0 aliphatic heterocycles. The highest BCUT2D eigenvalue weighted by atomic mass is 19.1. The van der Waals surface area contributed by atoms with Gasteiger partial charge in [-0.2, -0.15) is 0 Å². The smallest absolute Gasteiger partial charge is 0.141 e. The quantitative estimate of drug-likeness (QED) is 0.827. The minimum absolute atomic E-state index is 0.120. The zero-order valence-electron chi connectivity index (χ0n) is 10.9. The fourth-order valence-electron chi connectivity index (χ4n) is 1.83. The first-order chi connectivity index (χ1) is 7.99. The fourth-order valence-corrected chi connectivity index (χ4v) is 1.83. The number of aromatic nitrogens is 1. The summed E-state index contributed by atoms with van der Waals surface area (Å²) < 4.78 is 12.7. The molecule has 4 heteroatoms. The molecule has 1 unspecified atom stereocenters. The van der Waals surface area contributed by atoms with Crippen LogP contribution in [0, 0.1) is 11.7 Å². The summed E-state index contributed by atoms with van der Waals surface area (Å²) in [7, 11) is 2.09. The molecule has 17 heavy (non-hydrogen) atoms. The van der Waals surface area contributed by atoms with E-state index in [0.29, 0.717) is 5.92 Å². The Balaban J connectivity index is 2.39. The van der Waals surface area contributed by atoms with Gasteiger partial charge in [0.05, 0.1) is 11.9 Å². The number of pyridine rings is 1. The van der Waals surface area contributed by atoms with Gasteiger partial charge in [0, 0.05) is 12.6 Å². The van der Waals surface area contributed by atoms with Crippen molar-refractivity contribution in [1.29, 1.82) is 0 Å². The van der Waals surface area contributed by atoms with Crippen molar-refractivity contribution in [1.82, 2.24) is 9.88 Å². The zero-order valence-corrected chi connectivity index (χ0v) is 10.9. The van der Waals surface area contributed by atoms with Gasteiger partial charge in [-0.3, -0.25) is 4.98 Å². The SMILES string of the molecule is CC(C)CN(C)CCC(N)c1ccc(F)cn1. The van der Waals surface area contributed by atoms with E-state index in [9.17, 15) is 4.39 Å². The van der Waals surface area contributed by atoms with E-state index in [0.717, 1.165) is 25.2 Å². The molecule has 1 aromatic rings. The number of nitrogens with two attached hydrogens (primary N) is 1. The van der Waals surface area contributed by atoms with Crippen molar-refractivity contribution in [3.63, 3.8) is 0 Å². The van der Waals surface area contributed by atoms with Crippen LogP contribution >= 0.6 is 0 Å². The predicted octanol–water partition coefficient (Wildman–Crippen LogP) is 2.20. The van der Waals surface area contributed by atoms with Gasteiger partial charge in [0.15, 0.2) is 0 Å². The Morgan fingerprint density at radius 3 is 2.65 bits per heavy atom. The third-order valence-corrected chi connectivity index (χ3v) is 2.63. The van der Waals surface area contributed by atoms with Crippen molar-refractivity contribution in [2.24, 2.45) is 11.7 Å². The second kappa shape index (κ2) is 6.67. The van der Waals surface area contributed by atoms with Crippen molar-refractivity contribution >= 4 is 0 Å². The van der Waals surface area contributed by atoms with Gasteiger partial charge < -0.3 is 10.6 Å². The lowest BCUT2D eigenvalue weighted by Gasteiger charge is -2.20. The molecule has 96 valence electrons. The third-order valence-electron chi connectivity index (χ3n) is 2.63. The van der Waals surface area contributed by atoms with Crippen LogP contribution in [-0.2, 0) is 0 Å².